The summed E-state index contributed by atoms with van der Waals surface area (Å²) >= 11 is 6.09. The Balaban J connectivity index is 2.13. The molecule has 0 aliphatic heterocycles. The summed E-state index contributed by atoms with van der Waals surface area (Å²) in [6.07, 6.45) is 0. The largest absolute Gasteiger partial charge is 0.495 e. The van der Waals surface area contributed by atoms with E-state index in [1.54, 1.807) is 7.11 Å². The van der Waals surface area contributed by atoms with E-state index in [1.807, 2.05) is 36.2 Å². The van der Waals surface area contributed by atoms with Crippen molar-refractivity contribution in [2.24, 2.45) is 0 Å². The Hall–Kier alpha value is -1.88. The van der Waals surface area contributed by atoms with Crippen LogP contribution in [0.5, 0.6) is 5.75 Å². The summed E-state index contributed by atoms with van der Waals surface area (Å²) in [4.78, 5) is 2.04. The average molecular weight is 267 g/mol. The lowest BCUT2D eigenvalue weighted by atomic mass is 10.2. The molecular formula is C12H15ClN4O. The summed E-state index contributed by atoms with van der Waals surface area (Å²) in [5, 5.41) is 7.35. The molecule has 0 aliphatic rings. The molecule has 1 heterocycles. The summed E-state index contributed by atoms with van der Waals surface area (Å²) in [5.74, 6) is 1.16. The van der Waals surface area contributed by atoms with Crippen molar-refractivity contribution in [2.75, 3.05) is 24.8 Å². The number of nitrogens with two attached hydrogens (primary N) is 1. The fourth-order valence-corrected chi connectivity index (χ4v) is 1.95. The smallest absolute Gasteiger partial charge is 0.145 e. The molecule has 3 N–H and O–H groups in total. The van der Waals surface area contributed by atoms with Crippen LogP contribution in [-0.2, 0) is 6.54 Å². The Labute approximate surface area is 110 Å². The zero-order chi connectivity index (χ0) is 13.1. The van der Waals surface area contributed by atoms with Crippen LogP contribution in [0.3, 0.4) is 0 Å². The summed E-state index contributed by atoms with van der Waals surface area (Å²) < 4.78 is 5.12. The molecule has 1 aromatic heterocycles. The molecule has 6 heteroatoms. The minimum atomic E-state index is 0.492. The first-order valence-electron chi connectivity index (χ1n) is 5.44. The quantitative estimate of drug-likeness (QED) is 0.891. The highest BCUT2D eigenvalue weighted by Gasteiger charge is 2.07. The lowest BCUT2D eigenvalue weighted by molar-refractivity contribution is 0.415. The van der Waals surface area contributed by atoms with E-state index in [-0.39, 0.29) is 0 Å². The van der Waals surface area contributed by atoms with E-state index in [2.05, 4.69) is 10.2 Å². The molecule has 0 bridgehead atoms. The van der Waals surface area contributed by atoms with Crippen LogP contribution in [0.15, 0.2) is 24.3 Å². The minimum absolute atomic E-state index is 0.492. The van der Waals surface area contributed by atoms with E-state index in [0.29, 0.717) is 23.1 Å². The van der Waals surface area contributed by atoms with Gasteiger partial charge in [0.05, 0.1) is 24.4 Å². The van der Waals surface area contributed by atoms with Gasteiger partial charge < -0.3 is 15.4 Å². The van der Waals surface area contributed by atoms with Crippen LogP contribution < -0.4 is 15.4 Å². The zero-order valence-electron chi connectivity index (χ0n) is 10.3. The first kappa shape index (κ1) is 12.6. The fourth-order valence-electron chi connectivity index (χ4n) is 1.70. The van der Waals surface area contributed by atoms with Crippen molar-refractivity contribution < 1.29 is 4.74 Å². The number of hydrogen-bond acceptors (Lipinski definition) is 4. The van der Waals surface area contributed by atoms with Gasteiger partial charge in [0, 0.05) is 18.8 Å². The fraction of sp³-hybridized carbons (Fsp3) is 0.250. The molecule has 0 amide bonds. The highest BCUT2D eigenvalue weighted by molar-refractivity contribution is 6.32. The van der Waals surface area contributed by atoms with Crippen LogP contribution in [0.4, 0.5) is 11.5 Å². The molecule has 0 unspecified atom stereocenters. The van der Waals surface area contributed by atoms with Gasteiger partial charge in [-0.15, -0.1) is 0 Å². The number of ether oxygens (including phenoxy) is 1. The Morgan fingerprint density at radius 3 is 2.78 bits per heavy atom. The van der Waals surface area contributed by atoms with Crippen molar-refractivity contribution in [1.82, 2.24) is 10.2 Å². The van der Waals surface area contributed by atoms with Crippen molar-refractivity contribution >= 4 is 23.1 Å². The number of aromatic nitrogens is 2. The van der Waals surface area contributed by atoms with Crippen LogP contribution in [0.1, 0.15) is 5.69 Å². The summed E-state index contributed by atoms with van der Waals surface area (Å²) in [6.45, 7) is 0.673. The second-order valence-corrected chi connectivity index (χ2v) is 4.40. The van der Waals surface area contributed by atoms with Crippen LogP contribution >= 0.6 is 11.6 Å². The van der Waals surface area contributed by atoms with Gasteiger partial charge in [-0.2, -0.15) is 5.10 Å². The van der Waals surface area contributed by atoms with Gasteiger partial charge in [0.15, 0.2) is 0 Å². The van der Waals surface area contributed by atoms with E-state index in [4.69, 9.17) is 22.1 Å². The number of nitrogens with one attached hydrogen (secondary N) is 1. The van der Waals surface area contributed by atoms with Gasteiger partial charge in [-0.3, -0.25) is 5.10 Å². The molecule has 2 rings (SSSR count). The number of aromatic amines is 1. The lowest BCUT2D eigenvalue weighted by Crippen LogP contribution is -2.16. The van der Waals surface area contributed by atoms with Crippen molar-refractivity contribution in [2.45, 2.75) is 6.54 Å². The maximum absolute atomic E-state index is 6.09. The van der Waals surface area contributed by atoms with Crippen molar-refractivity contribution in [3.63, 3.8) is 0 Å². The van der Waals surface area contributed by atoms with E-state index in [9.17, 15) is 0 Å². The molecule has 0 saturated heterocycles. The number of nitrogen functional groups attached to an aromatic ring is 1. The Kier molecular flexibility index (Phi) is 3.62. The van der Waals surface area contributed by atoms with E-state index < -0.39 is 0 Å². The second kappa shape index (κ2) is 5.18. The molecule has 0 atom stereocenters. The molecule has 2 aromatic rings. The molecular weight excluding hydrogens is 252 g/mol. The van der Waals surface area contributed by atoms with Gasteiger partial charge in [0.2, 0.25) is 0 Å². The average Bonchev–Trinajstić information content (AvgIpc) is 2.74. The van der Waals surface area contributed by atoms with Crippen molar-refractivity contribution in [3.05, 3.63) is 35.0 Å². The Morgan fingerprint density at radius 1 is 1.44 bits per heavy atom. The van der Waals surface area contributed by atoms with Crippen LogP contribution in [0, 0.1) is 0 Å². The molecule has 0 spiro atoms. The van der Waals surface area contributed by atoms with Gasteiger partial charge >= 0.3 is 0 Å². The predicted molar refractivity (Wildman–Crippen MR) is 73.1 cm³/mol. The number of benzene rings is 1. The number of halogens is 1. The van der Waals surface area contributed by atoms with Crippen LogP contribution in [0.25, 0.3) is 0 Å². The monoisotopic (exact) mass is 266 g/mol. The standard InChI is InChI=1S/C12H15ClN4O/c1-17(7-8-5-12(14)16-15-8)9-3-4-11(18-2)10(13)6-9/h3-6H,7H2,1-2H3,(H3,14,15,16). The highest BCUT2D eigenvalue weighted by atomic mass is 35.5. The number of H-pyrrole nitrogens is 1. The van der Waals surface area contributed by atoms with Crippen molar-refractivity contribution in [3.8, 4) is 5.75 Å². The summed E-state index contributed by atoms with van der Waals surface area (Å²) in [7, 11) is 3.56. The van der Waals surface area contributed by atoms with Gasteiger partial charge in [-0.25, -0.2) is 0 Å². The Bertz CT molecular complexity index is 541. The van der Waals surface area contributed by atoms with E-state index in [1.165, 1.54) is 0 Å². The van der Waals surface area contributed by atoms with Gasteiger partial charge in [-0.05, 0) is 18.2 Å². The normalized spacial score (nSPS) is 10.4. The first-order valence-corrected chi connectivity index (χ1v) is 5.82. The topological polar surface area (TPSA) is 67.2 Å². The SMILES string of the molecule is COc1ccc(N(C)Cc2cc(N)n[nH]2)cc1Cl. The maximum atomic E-state index is 6.09. The third kappa shape index (κ3) is 2.68. The van der Waals surface area contributed by atoms with Crippen LogP contribution in [0.2, 0.25) is 5.02 Å². The molecule has 0 aliphatic carbocycles. The number of hydrogen-bond donors (Lipinski definition) is 2. The molecule has 0 saturated carbocycles. The summed E-state index contributed by atoms with van der Waals surface area (Å²) in [6, 6.07) is 7.46. The first-order chi connectivity index (χ1) is 8.60. The van der Waals surface area contributed by atoms with Gasteiger partial charge in [0.1, 0.15) is 11.6 Å². The van der Waals surface area contributed by atoms with Crippen LogP contribution in [-0.4, -0.2) is 24.4 Å². The molecule has 1 aromatic carbocycles. The lowest BCUT2D eigenvalue weighted by Gasteiger charge is -2.19. The predicted octanol–water partition coefficient (Wildman–Crippen LogP) is 2.29. The molecule has 18 heavy (non-hydrogen) atoms. The second-order valence-electron chi connectivity index (χ2n) is 3.99. The Morgan fingerprint density at radius 2 is 2.22 bits per heavy atom. The minimum Gasteiger partial charge on any atom is -0.495 e. The molecule has 0 fully saturated rings. The number of anilines is 2. The molecule has 5 nitrogen and oxygen atoms in total. The summed E-state index contributed by atoms with van der Waals surface area (Å²) in [5.41, 5.74) is 7.50. The molecule has 0 radical (unpaired) electrons. The number of methoxy groups -OCH3 is 1. The third-order valence-corrected chi connectivity index (χ3v) is 2.93. The van der Waals surface area contributed by atoms with Crippen molar-refractivity contribution in [1.29, 1.82) is 0 Å². The number of rotatable bonds is 4. The van der Waals surface area contributed by atoms with Gasteiger partial charge in [0.25, 0.3) is 0 Å². The number of nitrogens with zero attached hydrogens (tertiary/aromatic N) is 2. The van der Waals surface area contributed by atoms with E-state index in [0.717, 1.165) is 11.4 Å². The van der Waals surface area contributed by atoms with E-state index >= 15 is 0 Å². The maximum Gasteiger partial charge on any atom is 0.145 e. The third-order valence-electron chi connectivity index (χ3n) is 2.63. The van der Waals surface area contributed by atoms with Gasteiger partial charge in [-0.1, -0.05) is 11.6 Å². The highest BCUT2D eigenvalue weighted by Crippen LogP contribution is 2.29. The molecule has 96 valence electrons. The zero-order valence-corrected chi connectivity index (χ0v) is 11.0.